The van der Waals surface area contributed by atoms with E-state index in [1.165, 1.54) is 70.6 Å². The van der Waals surface area contributed by atoms with Crippen molar-refractivity contribution in [2.75, 3.05) is 19.8 Å². The normalized spacial score (nSPS) is 17.1. The number of rotatable bonds is 18. The Kier molecular flexibility index (Phi) is 17.0. The zero-order valence-electron chi connectivity index (χ0n) is 17.9. The first-order chi connectivity index (χ1) is 13.3. The van der Waals surface area contributed by atoms with Crippen molar-refractivity contribution in [3.05, 3.63) is 0 Å². The lowest BCUT2D eigenvalue weighted by Gasteiger charge is -2.22. The van der Waals surface area contributed by atoms with Crippen LogP contribution in [-0.2, 0) is 19.0 Å². The molecule has 0 aromatic rings. The Morgan fingerprint density at radius 2 is 1.41 bits per heavy atom. The van der Waals surface area contributed by atoms with Gasteiger partial charge in [0.15, 0.2) is 6.29 Å². The third-order valence-corrected chi connectivity index (χ3v) is 5.27. The summed E-state index contributed by atoms with van der Waals surface area (Å²) in [6.07, 6.45) is 20.8. The van der Waals surface area contributed by atoms with Gasteiger partial charge in [-0.2, -0.15) is 0 Å². The highest BCUT2D eigenvalue weighted by Crippen LogP contribution is 2.14. The van der Waals surface area contributed by atoms with E-state index in [0.717, 1.165) is 38.7 Å². The fourth-order valence-electron chi connectivity index (χ4n) is 3.54. The van der Waals surface area contributed by atoms with Gasteiger partial charge in [0, 0.05) is 13.0 Å². The summed E-state index contributed by atoms with van der Waals surface area (Å²) in [5, 5.41) is 0. The molecule has 1 atom stereocenters. The Labute approximate surface area is 167 Å². The van der Waals surface area contributed by atoms with Gasteiger partial charge in [-0.15, -0.1) is 0 Å². The molecule has 0 amide bonds. The van der Waals surface area contributed by atoms with E-state index in [1.807, 2.05) is 0 Å². The Morgan fingerprint density at radius 3 is 1.96 bits per heavy atom. The molecule has 1 heterocycles. The Hall–Kier alpha value is -0.610. The topological polar surface area (TPSA) is 44.8 Å². The number of carbonyl (C=O) groups is 1. The predicted octanol–water partition coefficient (Wildman–Crippen LogP) is 6.55. The van der Waals surface area contributed by atoms with Gasteiger partial charge in [-0.25, -0.2) is 0 Å². The van der Waals surface area contributed by atoms with E-state index < -0.39 is 0 Å². The molecular formula is C23H44O4. The number of hydrogen-bond acceptors (Lipinski definition) is 4. The van der Waals surface area contributed by atoms with Crippen molar-refractivity contribution in [2.45, 2.75) is 122 Å². The molecule has 1 aliphatic rings. The van der Waals surface area contributed by atoms with Crippen molar-refractivity contribution in [3.8, 4) is 0 Å². The van der Waals surface area contributed by atoms with E-state index >= 15 is 0 Å². The van der Waals surface area contributed by atoms with Crippen LogP contribution in [-0.4, -0.2) is 32.1 Å². The summed E-state index contributed by atoms with van der Waals surface area (Å²) < 4.78 is 16.3. The van der Waals surface area contributed by atoms with Crippen LogP contribution in [0.1, 0.15) is 116 Å². The van der Waals surface area contributed by atoms with E-state index in [9.17, 15) is 4.79 Å². The largest absolute Gasteiger partial charge is 0.463 e. The van der Waals surface area contributed by atoms with Gasteiger partial charge >= 0.3 is 5.97 Å². The summed E-state index contributed by atoms with van der Waals surface area (Å²) in [5.41, 5.74) is 0. The van der Waals surface area contributed by atoms with E-state index in [0.29, 0.717) is 19.6 Å². The first-order valence-electron chi connectivity index (χ1n) is 11.7. The van der Waals surface area contributed by atoms with Gasteiger partial charge in [-0.1, -0.05) is 84.0 Å². The Morgan fingerprint density at radius 1 is 0.815 bits per heavy atom. The molecule has 4 heteroatoms. The summed E-state index contributed by atoms with van der Waals surface area (Å²) in [5.74, 6) is -0.0914. The van der Waals surface area contributed by atoms with Gasteiger partial charge in [-0.05, 0) is 25.7 Å². The van der Waals surface area contributed by atoms with Crippen LogP contribution < -0.4 is 0 Å². The third kappa shape index (κ3) is 16.1. The van der Waals surface area contributed by atoms with Crippen LogP contribution in [0.25, 0.3) is 0 Å². The minimum absolute atomic E-state index is 0.0914. The van der Waals surface area contributed by atoms with Crippen LogP contribution in [0.15, 0.2) is 0 Å². The van der Waals surface area contributed by atoms with Crippen LogP contribution >= 0.6 is 0 Å². The molecule has 4 nitrogen and oxygen atoms in total. The molecule has 0 aromatic heterocycles. The molecule has 27 heavy (non-hydrogen) atoms. The van der Waals surface area contributed by atoms with Gasteiger partial charge in [0.25, 0.3) is 0 Å². The summed E-state index contributed by atoms with van der Waals surface area (Å²) in [7, 11) is 0. The van der Waals surface area contributed by atoms with Crippen molar-refractivity contribution in [3.63, 3.8) is 0 Å². The van der Waals surface area contributed by atoms with Gasteiger partial charge in [-0.3, -0.25) is 4.79 Å². The summed E-state index contributed by atoms with van der Waals surface area (Å²) in [6.45, 7) is 3.84. The first-order valence-corrected chi connectivity index (χ1v) is 11.7. The first kappa shape index (κ1) is 24.4. The van der Waals surface area contributed by atoms with Crippen LogP contribution in [0.2, 0.25) is 0 Å². The highest BCUT2D eigenvalue weighted by atomic mass is 16.7. The Balaban J connectivity index is 1.74. The van der Waals surface area contributed by atoms with Gasteiger partial charge in [0.1, 0.15) is 6.61 Å². The fourth-order valence-corrected chi connectivity index (χ4v) is 3.54. The molecule has 160 valence electrons. The second-order valence-electron chi connectivity index (χ2n) is 7.88. The minimum atomic E-state index is -0.0986. The zero-order chi connectivity index (χ0) is 19.4. The predicted molar refractivity (Wildman–Crippen MR) is 111 cm³/mol. The molecule has 0 aliphatic carbocycles. The lowest BCUT2D eigenvalue weighted by molar-refractivity contribution is -0.173. The maximum Gasteiger partial charge on any atom is 0.305 e. The molecule has 1 aliphatic heterocycles. The lowest BCUT2D eigenvalue weighted by Crippen LogP contribution is -2.24. The van der Waals surface area contributed by atoms with Gasteiger partial charge in [0.2, 0.25) is 0 Å². The number of esters is 1. The van der Waals surface area contributed by atoms with Crippen LogP contribution in [0.3, 0.4) is 0 Å². The van der Waals surface area contributed by atoms with Gasteiger partial charge < -0.3 is 14.2 Å². The maximum absolute atomic E-state index is 11.7. The Bertz CT molecular complexity index is 326. The second-order valence-corrected chi connectivity index (χ2v) is 7.88. The summed E-state index contributed by atoms with van der Waals surface area (Å²) >= 11 is 0. The highest BCUT2D eigenvalue weighted by Gasteiger charge is 2.13. The second kappa shape index (κ2) is 18.7. The molecule has 0 saturated carbocycles. The quantitative estimate of drug-likeness (QED) is 0.198. The van der Waals surface area contributed by atoms with Crippen LogP contribution in [0, 0.1) is 0 Å². The number of hydrogen-bond donors (Lipinski definition) is 0. The van der Waals surface area contributed by atoms with Crippen molar-refractivity contribution in [1.29, 1.82) is 0 Å². The van der Waals surface area contributed by atoms with Crippen LogP contribution in [0.5, 0.6) is 0 Å². The van der Waals surface area contributed by atoms with Gasteiger partial charge in [0.05, 0.1) is 6.61 Å². The van der Waals surface area contributed by atoms with E-state index in [4.69, 9.17) is 14.2 Å². The molecule has 1 unspecified atom stereocenters. The monoisotopic (exact) mass is 384 g/mol. The minimum Gasteiger partial charge on any atom is -0.463 e. The molecule has 0 aromatic carbocycles. The molecule has 0 N–H and O–H groups in total. The molecule has 1 saturated heterocycles. The summed E-state index contributed by atoms with van der Waals surface area (Å²) in [6, 6.07) is 0. The van der Waals surface area contributed by atoms with E-state index in [2.05, 4.69) is 6.92 Å². The van der Waals surface area contributed by atoms with Crippen molar-refractivity contribution >= 4 is 5.97 Å². The molecule has 0 spiro atoms. The maximum atomic E-state index is 11.7. The van der Waals surface area contributed by atoms with Crippen molar-refractivity contribution in [1.82, 2.24) is 0 Å². The average molecular weight is 385 g/mol. The average Bonchev–Trinajstić information content (AvgIpc) is 2.69. The molecule has 1 fully saturated rings. The highest BCUT2D eigenvalue weighted by molar-refractivity contribution is 5.69. The number of carbonyl (C=O) groups excluding carboxylic acids is 1. The zero-order valence-corrected chi connectivity index (χ0v) is 17.9. The fraction of sp³-hybridized carbons (Fsp3) is 0.957. The van der Waals surface area contributed by atoms with Crippen molar-refractivity contribution in [2.24, 2.45) is 0 Å². The third-order valence-electron chi connectivity index (χ3n) is 5.27. The lowest BCUT2D eigenvalue weighted by atomic mass is 10.0. The smallest absolute Gasteiger partial charge is 0.305 e. The standard InChI is InChI=1S/C23H44O4/c1-2-3-4-5-6-7-8-9-10-11-12-13-14-17-22(24)25-20-21-27-23-18-15-16-19-26-23/h23H,2-21H2,1H3. The molecule has 0 bridgehead atoms. The van der Waals surface area contributed by atoms with E-state index in [1.54, 1.807) is 0 Å². The molecular weight excluding hydrogens is 340 g/mol. The number of unbranched alkanes of at least 4 members (excludes halogenated alkanes) is 12. The summed E-state index contributed by atoms with van der Waals surface area (Å²) in [4.78, 5) is 11.7. The van der Waals surface area contributed by atoms with E-state index in [-0.39, 0.29) is 12.3 Å². The van der Waals surface area contributed by atoms with Crippen LogP contribution in [0.4, 0.5) is 0 Å². The molecule has 1 rings (SSSR count). The number of ether oxygens (including phenoxy) is 3. The van der Waals surface area contributed by atoms with Crippen molar-refractivity contribution < 1.29 is 19.0 Å². The molecule has 0 radical (unpaired) electrons. The SMILES string of the molecule is CCCCCCCCCCCCCCCC(=O)OCCOC1CCCCO1.